The highest BCUT2D eigenvalue weighted by Crippen LogP contribution is 2.03. The summed E-state index contributed by atoms with van der Waals surface area (Å²) in [7, 11) is 0. The summed E-state index contributed by atoms with van der Waals surface area (Å²) < 4.78 is 9.98. The van der Waals surface area contributed by atoms with E-state index in [1.807, 2.05) is 11.9 Å². The highest BCUT2D eigenvalue weighted by atomic mass is 16.5. The molecule has 0 radical (unpaired) electrons. The molecule has 1 rings (SSSR count). The third-order valence-electron chi connectivity index (χ3n) is 2.12. The van der Waals surface area contributed by atoms with Crippen LogP contribution in [0.5, 0.6) is 0 Å². The monoisotopic (exact) mass is 256 g/mol. The Bertz CT molecular complexity index is 517. The van der Waals surface area contributed by atoms with Crippen molar-refractivity contribution in [1.29, 1.82) is 0 Å². The van der Waals surface area contributed by atoms with Crippen LogP contribution < -0.4 is 11.2 Å². The number of aromatic nitrogens is 2. The SMILES string of the molecule is CCCOCc1c(C(=O)OCC)[nH]c(=O)[nH]c1=O. The zero-order valence-corrected chi connectivity index (χ0v) is 10.4. The molecule has 0 amide bonds. The number of aromatic amines is 2. The second kappa shape index (κ2) is 6.75. The first-order chi connectivity index (χ1) is 8.60. The van der Waals surface area contributed by atoms with Gasteiger partial charge in [-0.05, 0) is 13.3 Å². The Hall–Kier alpha value is -1.89. The van der Waals surface area contributed by atoms with Crippen molar-refractivity contribution in [2.75, 3.05) is 13.2 Å². The van der Waals surface area contributed by atoms with Crippen molar-refractivity contribution in [3.8, 4) is 0 Å². The van der Waals surface area contributed by atoms with Crippen molar-refractivity contribution in [2.24, 2.45) is 0 Å². The third kappa shape index (κ3) is 3.56. The summed E-state index contributed by atoms with van der Waals surface area (Å²) >= 11 is 0. The van der Waals surface area contributed by atoms with Gasteiger partial charge in [-0.3, -0.25) is 9.78 Å². The molecule has 18 heavy (non-hydrogen) atoms. The molecule has 0 saturated carbocycles. The van der Waals surface area contributed by atoms with Crippen molar-refractivity contribution < 1.29 is 14.3 Å². The molecule has 0 fully saturated rings. The van der Waals surface area contributed by atoms with E-state index in [0.29, 0.717) is 6.61 Å². The molecule has 0 spiro atoms. The summed E-state index contributed by atoms with van der Waals surface area (Å²) in [5, 5.41) is 0. The maximum absolute atomic E-state index is 11.6. The normalized spacial score (nSPS) is 10.3. The number of esters is 1. The van der Waals surface area contributed by atoms with E-state index in [2.05, 4.69) is 4.98 Å². The predicted molar refractivity (Wildman–Crippen MR) is 63.6 cm³/mol. The Kier molecular flexibility index (Phi) is 5.31. The van der Waals surface area contributed by atoms with Crippen LogP contribution in [0.2, 0.25) is 0 Å². The van der Waals surface area contributed by atoms with Gasteiger partial charge in [-0.25, -0.2) is 9.59 Å². The molecule has 7 heteroatoms. The summed E-state index contributed by atoms with van der Waals surface area (Å²) in [6.45, 7) is 4.12. The number of H-pyrrole nitrogens is 2. The highest BCUT2D eigenvalue weighted by molar-refractivity contribution is 5.88. The Labute approximate surface area is 103 Å². The molecule has 0 aliphatic heterocycles. The van der Waals surface area contributed by atoms with E-state index in [4.69, 9.17) is 9.47 Å². The molecule has 2 N–H and O–H groups in total. The maximum atomic E-state index is 11.6. The summed E-state index contributed by atoms with van der Waals surface area (Å²) in [5.74, 6) is -0.740. The quantitative estimate of drug-likeness (QED) is 0.558. The van der Waals surface area contributed by atoms with Gasteiger partial charge in [0, 0.05) is 6.61 Å². The lowest BCUT2D eigenvalue weighted by Gasteiger charge is -2.07. The smallest absolute Gasteiger partial charge is 0.355 e. The molecule has 0 unspecified atom stereocenters. The molecule has 0 aliphatic rings. The minimum Gasteiger partial charge on any atom is -0.461 e. The first-order valence-corrected chi connectivity index (χ1v) is 5.70. The lowest BCUT2D eigenvalue weighted by molar-refractivity contribution is 0.0509. The van der Waals surface area contributed by atoms with Crippen molar-refractivity contribution in [3.05, 3.63) is 32.1 Å². The van der Waals surface area contributed by atoms with Crippen LogP contribution in [0.4, 0.5) is 0 Å². The first kappa shape index (κ1) is 14.2. The van der Waals surface area contributed by atoms with Gasteiger partial charge in [0.2, 0.25) is 0 Å². The van der Waals surface area contributed by atoms with Gasteiger partial charge in [0.05, 0.1) is 18.8 Å². The van der Waals surface area contributed by atoms with E-state index < -0.39 is 17.2 Å². The number of carbonyl (C=O) groups is 1. The fraction of sp³-hybridized carbons (Fsp3) is 0.545. The highest BCUT2D eigenvalue weighted by Gasteiger charge is 2.17. The largest absolute Gasteiger partial charge is 0.461 e. The van der Waals surface area contributed by atoms with Gasteiger partial charge in [-0.2, -0.15) is 0 Å². The molecule has 1 heterocycles. The van der Waals surface area contributed by atoms with E-state index in [-0.39, 0.29) is 24.5 Å². The molecule has 0 aliphatic carbocycles. The number of hydrogen-bond donors (Lipinski definition) is 2. The van der Waals surface area contributed by atoms with Gasteiger partial charge in [-0.15, -0.1) is 0 Å². The zero-order chi connectivity index (χ0) is 13.5. The molecule has 0 aromatic carbocycles. The minimum absolute atomic E-state index is 0.0475. The van der Waals surface area contributed by atoms with Gasteiger partial charge in [0.25, 0.3) is 5.56 Å². The summed E-state index contributed by atoms with van der Waals surface area (Å²) in [6, 6.07) is 0. The first-order valence-electron chi connectivity index (χ1n) is 5.70. The van der Waals surface area contributed by atoms with Crippen molar-refractivity contribution in [1.82, 2.24) is 9.97 Å². The average Bonchev–Trinajstić information content (AvgIpc) is 2.31. The molecule has 0 bridgehead atoms. The van der Waals surface area contributed by atoms with Gasteiger partial charge >= 0.3 is 11.7 Å². The lowest BCUT2D eigenvalue weighted by atomic mass is 10.2. The molecular weight excluding hydrogens is 240 g/mol. The van der Waals surface area contributed by atoms with Crippen LogP contribution in [0, 0.1) is 0 Å². The third-order valence-corrected chi connectivity index (χ3v) is 2.12. The van der Waals surface area contributed by atoms with E-state index in [0.717, 1.165) is 6.42 Å². The second-order valence-corrected chi connectivity index (χ2v) is 3.53. The Morgan fingerprint density at radius 2 is 1.94 bits per heavy atom. The second-order valence-electron chi connectivity index (χ2n) is 3.53. The van der Waals surface area contributed by atoms with Crippen LogP contribution in [-0.4, -0.2) is 29.2 Å². The standard InChI is InChI=1S/C11H16N2O5/c1-3-5-17-6-7-8(10(15)18-4-2)12-11(16)13-9(7)14/h3-6H2,1-2H3,(H2,12,13,14,16). The van der Waals surface area contributed by atoms with Crippen LogP contribution in [0.25, 0.3) is 0 Å². The van der Waals surface area contributed by atoms with Crippen LogP contribution in [0.1, 0.15) is 36.3 Å². The topological polar surface area (TPSA) is 101 Å². The minimum atomic E-state index is -0.748. The van der Waals surface area contributed by atoms with Gasteiger partial charge in [0.1, 0.15) is 5.69 Å². The van der Waals surface area contributed by atoms with Gasteiger partial charge in [0.15, 0.2) is 0 Å². The molecular formula is C11H16N2O5. The van der Waals surface area contributed by atoms with E-state index in [9.17, 15) is 14.4 Å². The molecule has 100 valence electrons. The average molecular weight is 256 g/mol. The van der Waals surface area contributed by atoms with Crippen LogP contribution in [-0.2, 0) is 16.1 Å². The van der Waals surface area contributed by atoms with Gasteiger partial charge < -0.3 is 14.5 Å². The maximum Gasteiger partial charge on any atom is 0.355 e. The fourth-order valence-electron chi connectivity index (χ4n) is 1.35. The number of ether oxygens (including phenoxy) is 2. The Balaban J connectivity index is 3.09. The predicted octanol–water partition coefficient (Wildman–Crippen LogP) is 0.166. The van der Waals surface area contributed by atoms with E-state index >= 15 is 0 Å². The van der Waals surface area contributed by atoms with Crippen LogP contribution >= 0.6 is 0 Å². The van der Waals surface area contributed by atoms with Gasteiger partial charge in [-0.1, -0.05) is 6.92 Å². The lowest BCUT2D eigenvalue weighted by Crippen LogP contribution is -2.31. The Morgan fingerprint density at radius 3 is 2.56 bits per heavy atom. The molecule has 0 saturated heterocycles. The van der Waals surface area contributed by atoms with Crippen LogP contribution in [0.3, 0.4) is 0 Å². The van der Waals surface area contributed by atoms with E-state index in [1.54, 1.807) is 6.92 Å². The summed E-state index contributed by atoms with van der Waals surface area (Å²) in [6.07, 6.45) is 0.788. The molecule has 1 aromatic rings. The number of carbonyl (C=O) groups excluding carboxylic acids is 1. The van der Waals surface area contributed by atoms with Crippen molar-refractivity contribution in [2.45, 2.75) is 26.9 Å². The fourth-order valence-corrected chi connectivity index (χ4v) is 1.35. The van der Waals surface area contributed by atoms with Crippen molar-refractivity contribution in [3.63, 3.8) is 0 Å². The van der Waals surface area contributed by atoms with Crippen LogP contribution in [0.15, 0.2) is 9.59 Å². The molecule has 0 atom stereocenters. The number of rotatable bonds is 6. The summed E-state index contributed by atoms with van der Waals surface area (Å²) in [5.41, 5.74) is -1.47. The molecule has 7 nitrogen and oxygen atoms in total. The summed E-state index contributed by atoms with van der Waals surface area (Å²) in [4.78, 5) is 38.7. The molecule has 1 aromatic heterocycles. The van der Waals surface area contributed by atoms with Crippen molar-refractivity contribution >= 4 is 5.97 Å². The zero-order valence-electron chi connectivity index (χ0n) is 10.4. The Morgan fingerprint density at radius 1 is 1.22 bits per heavy atom. The number of hydrogen-bond acceptors (Lipinski definition) is 5. The number of nitrogens with one attached hydrogen (secondary N) is 2. The van der Waals surface area contributed by atoms with E-state index in [1.165, 1.54) is 0 Å².